The highest BCUT2D eigenvalue weighted by atomic mass is 16.5. The van der Waals surface area contributed by atoms with E-state index in [1.54, 1.807) is 0 Å². The molecule has 1 aliphatic carbocycles. The van der Waals surface area contributed by atoms with Gasteiger partial charge in [-0.3, -0.25) is 9.48 Å². The molecule has 0 aromatic carbocycles. The van der Waals surface area contributed by atoms with Crippen LogP contribution in [-0.2, 0) is 16.0 Å². The molecule has 1 fully saturated rings. The van der Waals surface area contributed by atoms with Gasteiger partial charge < -0.3 is 4.74 Å². The Hall–Kier alpha value is -1.16. The van der Waals surface area contributed by atoms with Crippen molar-refractivity contribution in [3.63, 3.8) is 0 Å². The number of ether oxygens (including phenoxy) is 1. The van der Waals surface area contributed by atoms with E-state index in [9.17, 15) is 4.79 Å². The van der Waals surface area contributed by atoms with Gasteiger partial charge in [0.25, 0.3) is 0 Å². The lowest BCUT2D eigenvalue weighted by molar-refractivity contribution is -0.129. The van der Waals surface area contributed by atoms with E-state index >= 15 is 0 Å². The van der Waals surface area contributed by atoms with E-state index in [1.807, 2.05) is 26.1 Å². The first-order valence-electron chi connectivity index (χ1n) is 7.93. The Balaban J connectivity index is 1.93. The summed E-state index contributed by atoms with van der Waals surface area (Å²) >= 11 is 0. The zero-order valence-corrected chi connectivity index (χ0v) is 12.7. The molecule has 1 unspecified atom stereocenters. The topological polar surface area (TPSA) is 44.1 Å². The molecule has 0 aliphatic heterocycles. The molecule has 1 aromatic rings. The molecule has 2 rings (SSSR count). The molecular weight excluding hydrogens is 252 g/mol. The summed E-state index contributed by atoms with van der Waals surface area (Å²) in [5.74, 6) is 0.142. The van der Waals surface area contributed by atoms with Crippen LogP contribution in [0.3, 0.4) is 0 Å². The SMILES string of the molecule is CCOC(CC)C(=O)Cc1ccn(C2CCCCC2)n1. The Morgan fingerprint density at radius 2 is 2.15 bits per heavy atom. The Morgan fingerprint density at radius 3 is 2.80 bits per heavy atom. The molecule has 0 amide bonds. The summed E-state index contributed by atoms with van der Waals surface area (Å²) in [6, 6.07) is 2.51. The third-order valence-electron chi connectivity index (χ3n) is 4.07. The second kappa shape index (κ2) is 7.58. The van der Waals surface area contributed by atoms with Crippen molar-refractivity contribution in [2.75, 3.05) is 6.61 Å². The van der Waals surface area contributed by atoms with Crippen molar-refractivity contribution in [1.29, 1.82) is 0 Å². The van der Waals surface area contributed by atoms with Gasteiger partial charge >= 0.3 is 0 Å². The highest BCUT2D eigenvalue weighted by Crippen LogP contribution is 2.27. The van der Waals surface area contributed by atoms with Gasteiger partial charge in [0.05, 0.1) is 18.2 Å². The van der Waals surface area contributed by atoms with Crippen LogP contribution in [0.15, 0.2) is 12.3 Å². The minimum Gasteiger partial charge on any atom is -0.371 e. The molecule has 1 heterocycles. The summed E-state index contributed by atoms with van der Waals surface area (Å²) in [6.07, 6.45) is 9.23. The largest absolute Gasteiger partial charge is 0.371 e. The van der Waals surface area contributed by atoms with Crippen molar-refractivity contribution >= 4 is 5.78 Å². The molecule has 112 valence electrons. The quantitative estimate of drug-likeness (QED) is 0.768. The molecule has 4 heteroatoms. The molecule has 1 aromatic heterocycles. The number of hydrogen-bond acceptors (Lipinski definition) is 3. The smallest absolute Gasteiger partial charge is 0.167 e. The third-order valence-corrected chi connectivity index (χ3v) is 4.07. The van der Waals surface area contributed by atoms with Crippen LogP contribution >= 0.6 is 0 Å². The van der Waals surface area contributed by atoms with Crippen LogP contribution in [0.2, 0.25) is 0 Å². The monoisotopic (exact) mass is 278 g/mol. The van der Waals surface area contributed by atoms with Gasteiger partial charge in [-0.15, -0.1) is 0 Å². The van der Waals surface area contributed by atoms with Gasteiger partial charge in [-0.2, -0.15) is 5.10 Å². The van der Waals surface area contributed by atoms with Gasteiger partial charge in [0.2, 0.25) is 0 Å². The Morgan fingerprint density at radius 1 is 1.40 bits per heavy atom. The predicted molar refractivity (Wildman–Crippen MR) is 78.8 cm³/mol. The number of nitrogens with zero attached hydrogens (tertiary/aromatic N) is 2. The molecule has 0 radical (unpaired) electrons. The van der Waals surface area contributed by atoms with Crippen molar-refractivity contribution < 1.29 is 9.53 Å². The number of carbonyl (C=O) groups excluding carboxylic acids is 1. The second-order valence-electron chi connectivity index (χ2n) is 5.57. The normalized spacial score (nSPS) is 18.1. The van der Waals surface area contributed by atoms with Crippen LogP contribution in [0.5, 0.6) is 0 Å². The van der Waals surface area contributed by atoms with E-state index in [0.29, 0.717) is 19.1 Å². The van der Waals surface area contributed by atoms with E-state index in [0.717, 1.165) is 12.1 Å². The standard InChI is InChI=1S/C16H26N2O2/c1-3-16(20-4-2)15(19)12-13-10-11-18(17-13)14-8-6-5-7-9-14/h10-11,14,16H,3-9,12H2,1-2H3. The van der Waals surface area contributed by atoms with Crippen LogP contribution in [0.25, 0.3) is 0 Å². The maximum Gasteiger partial charge on any atom is 0.167 e. The lowest BCUT2D eigenvalue weighted by atomic mass is 9.96. The molecule has 4 nitrogen and oxygen atoms in total. The van der Waals surface area contributed by atoms with Gasteiger partial charge in [0, 0.05) is 12.8 Å². The minimum absolute atomic E-state index is 0.142. The molecule has 1 saturated carbocycles. The third kappa shape index (κ3) is 3.92. The average molecular weight is 278 g/mol. The van der Waals surface area contributed by atoms with Gasteiger partial charge in [-0.1, -0.05) is 26.2 Å². The number of Topliss-reactive ketones (excluding diaryl/α,β-unsaturated/α-hetero) is 1. The van der Waals surface area contributed by atoms with E-state index < -0.39 is 0 Å². The van der Waals surface area contributed by atoms with Crippen molar-refractivity contribution in [3.8, 4) is 0 Å². The summed E-state index contributed by atoms with van der Waals surface area (Å²) in [5.41, 5.74) is 0.874. The number of rotatable bonds is 7. The lowest BCUT2D eigenvalue weighted by Crippen LogP contribution is -2.25. The Labute approximate surface area is 121 Å². The first-order chi connectivity index (χ1) is 9.74. The van der Waals surface area contributed by atoms with Gasteiger partial charge in [-0.05, 0) is 32.3 Å². The maximum atomic E-state index is 12.1. The van der Waals surface area contributed by atoms with Gasteiger partial charge in [-0.25, -0.2) is 0 Å². The summed E-state index contributed by atoms with van der Waals surface area (Å²) in [7, 11) is 0. The molecule has 20 heavy (non-hydrogen) atoms. The number of carbonyl (C=O) groups is 1. The average Bonchev–Trinajstić information content (AvgIpc) is 2.94. The van der Waals surface area contributed by atoms with E-state index in [4.69, 9.17) is 4.74 Å². The van der Waals surface area contributed by atoms with Crippen molar-refractivity contribution in [2.24, 2.45) is 0 Å². The van der Waals surface area contributed by atoms with Gasteiger partial charge in [0.15, 0.2) is 5.78 Å². The number of ketones is 1. The molecule has 1 aliphatic rings. The fourth-order valence-corrected chi connectivity index (χ4v) is 2.95. The zero-order valence-electron chi connectivity index (χ0n) is 12.7. The lowest BCUT2D eigenvalue weighted by Gasteiger charge is -2.21. The summed E-state index contributed by atoms with van der Waals surface area (Å²) in [4.78, 5) is 12.1. The minimum atomic E-state index is -0.278. The fraction of sp³-hybridized carbons (Fsp3) is 0.750. The molecule has 0 spiro atoms. The van der Waals surface area contributed by atoms with Gasteiger partial charge in [0.1, 0.15) is 6.10 Å². The van der Waals surface area contributed by atoms with E-state index in [-0.39, 0.29) is 11.9 Å². The zero-order chi connectivity index (χ0) is 14.4. The summed E-state index contributed by atoms with van der Waals surface area (Å²) in [5, 5.41) is 4.59. The van der Waals surface area contributed by atoms with Crippen molar-refractivity contribution in [2.45, 2.75) is 70.9 Å². The van der Waals surface area contributed by atoms with Crippen LogP contribution in [0.4, 0.5) is 0 Å². The van der Waals surface area contributed by atoms with E-state index in [2.05, 4.69) is 9.78 Å². The van der Waals surface area contributed by atoms with Crippen molar-refractivity contribution in [3.05, 3.63) is 18.0 Å². The Bertz CT molecular complexity index is 422. The van der Waals surface area contributed by atoms with Crippen LogP contribution in [0.1, 0.15) is 64.1 Å². The highest BCUT2D eigenvalue weighted by molar-refractivity contribution is 5.84. The first kappa shape index (κ1) is 15.2. The second-order valence-corrected chi connectivity index (χ2v) is 5.57. The molecule has 0 bridgehead atoms. The Kier molecular flexibility index (Phi) is 5.77. The molecule has 0 saturated heterocycles. The highest BCUT2D eigenvalue weighted by Gasteiger charge is 2.20. The van der Waals surface area contributed by atoms with Crippen LogP contribution in [-0.4, -0.2) is 28.3 Å². The molecule has 0 N–H and O–H groups in total. The number of aromatic nitrogens is 2. The molecular formula is C16H26N2O2. The fourth-order valence-electron chi connectivity index (χ4n) is 2.95. The van der Waals surface area contributed by atoms with Crippen LogP contribution < -0.4 is 0 Å². The predicted octanol–water partition coefficient (Wildman–Crippen LogP) is 3.32. The molecule has 1 atom stereocenters. The van der Waals surface area contributed by atoms with Crippen LogP contribution in [0, 0.1) is 0 Å². The first-order valence-corrected chi connectivity index (χ1v) is 7.93. The summed E-state index contributed by atoms with van der Waals surface area (Å²) in [6.45, 7) is 4.49. The number of hydrogen-bond donors (Lipinski definition) is 0. The van der Waals surface area contributed by atoms with E-state index in [1.165, 1.54) is 32.1 Å². The summed E-state index contributed by atoms with van der Waals surface area (Å²) < 4.78 is 7.52. The maximum absolute atomic E-state index is 12.1. The van der Waals surface area contributed by atoms with Crippen molar-refractivity contribution in [1.82, 2.24) is 9.78 Å².